The van der Waals surface area contributed by atoms with E-state index in [1.165, 1.54) is 116 Å². The van der Waals surface area contributed by atoms with E-state index in [1.807, 2.05) is 0 Å². The predicted octanol–water partition coefficient (Wildman–Crippen LogP) is 7.73. The molecule has 0 saturated carbocycles. The highest BCUT2D eigenvalue weighted by molar-refractivity contribution is 5.80. The van der Waals surface area contributed by atoms with Gasteiger partial charge in [-0.3, -0.25) is 4.79 Å². The number of unbranched alkanes of at least 4 members (excludes halogenated alkanes) is 22. The number of amides is 1. The number of aliphatic hydroxyl groups excluding tert-OH is 4. The molecule has 4 atom stereocenters. The van der Waals surface area contributed by atoms with Crippen molar-refractivity contribution in [2.24, 2.45) is 0 Å². The van der Waals surface area contributed by atoms with Gasteiger partial charge in [-0.1, -0.05) is 168 Å². The van der Waals surface area contributed by atoms with Crippen LogP contribution < -0.4 is 5.32 Å². The molecule has 40 heavy (non-hydrogen) atoms. The molecular formula is C34H69NO5. The fourth-order valence-corrected chi connectivity index (χ4v) is 5.46. The molecule has 240 valence electrons. The molecule has 0 bridgehead atoms. The molecule has 0 aromatic carbocycles. The second kappa shape index (κ2) is 29.8. The van der Waals surface area contributed by atoms with Crippen LogP contribution in [0.15, 0.2) is 0 Å². The summed E-state index contributed by atoms with van der Waals surface area (Å²) in [7, 11) is 0. The molecule has 0 aromatic heterocycles. The summed E-state index contributed by atoms with van der Waals surface area (Å²) < 4.78 is 0. The Morgan fingerprint density at radius 2 is 0.850 bits per heavy atom. The summed E-state index contributed by atoms with van der Waals surface area (Å²) in [6.45, 7) is 4.00. The molecule has 6 nitrogen and oxygen atoms in total. The number of nitrogens with one attached hydrogen (secondary N) is 1. The first-order valence-electron chi connectivity index (χ1n) is 17.4. The first kappa shape index (κ1) is 39.3. The van der Waals surface area contributed by atoms with Gasteiger partial charge in [0.25, 0.3) is 0 Å². The second-order valence-electron chi connectivity index (χ2n) is 12.2. The summed E-state index contributed by atoms with van der Waals surface area (Å²) in [6, 6.07) is -0.975. The van der Waals surface area contributed by atoms with Crippen molar-refractivity contribution in [3.05, 3.63) is 0 Å². The summed E-state index contributed by atoms with van der Waals surface area (Å²) in [5.41, 5.74) is 0. The number of hydrogen-bond donors (Lipinski definition) is 5. The zero-order valence-corrected chi connectivity index (χ0v) is 26.6. The molecule has 0 saturated heterocycles. The Morgan fingerprint density at radius 3 is 1.20 bits per heavy atom. The zero-order valence-electron chi connectivity index (χ0n) is 26.6. The molecule has 0 aliphatic heterocycles. The average molecular weight is 572 g/mol. The summed E-state index contributed by atoms with van der Waals surface area (Å²) in [5, 5.41) is 43.2. The smallest absolute Gasteiger partial charge is 0.249 e. The van der Waals surface area contributed by atoms with Crippen LogP contribution in [0.2, 0.25) is 0 Å². The van der Waals surface area contributed by atoms with E-state index >= 15 is 0 Å². The lowest BCUT2D eigenvalue weighted by Crippen LogP contribution is -2.53. The molecule has 0 rings (SSSR count). The van der Waals surface area contributed by atoms with Crippen molar-refractivity contribution >= 4 is 5.91 Å². The molecule has 0 aromatic rings. The first-order chi connectivity index (χ1) is 19.5. The molecule has 6 heteroatoms. The maximum Gasteiger partial charge on any atom is 0.249 e. The Labute approximate surface area is 248 Å². The predicted molar refractivity (Wildman–Crippen MR) is 168 cm³/mol. The first-order valence-corrected chi connectivity index (χ1v) is 17.4. The van der Waals surface area contributed by atoms with E-state index in [2.05, 4.69) is 19.2 Å². The van der Waals surface area contributed by atoms with Gasteiger partial charge in [0.15, 0.2) is 0 Å². The van der Waals surface area contributed by atoms with Gasteiger partial charge in [0.2, 0.25) is 5.91 Å². The number of hydrogen-bond acceptors (Lipinski definition) is 5. The van der Waals surface area contributed by atoms with Crippen molar-refractivity contribution in [1.29, 1.82) is 0 Å². The van der Waals surface area contributed by atoms with Gasteiger partial charge in [-0.05, 0) is 12.8 Å². The van der Waals surface area contributed by atoms with Crippen molar-refractivity contribution in [2.45, 2.75) is 205 Å². The molecule has 0 radical (unpaired) electrons. The standard InChI is InChI=1S/C34H69NO5/c1-3-5-7-9-11-13-14-15-16-17-18-20-22-24-26-28-32(38)34(40)35-30(29-36)33(39)31(37)27-25-23-21-19-12-10-8-6-4-2/h30-33,36-39H,3-29H2,1-2H3,(H,35,40). The third kappa shape index (κ3) is 24.0. The molecule has 4 unspecified atom stereocenters. The lowest BCUT2D eigenvalue weighted by Gasteiger charge is -2.27. The van der Waals surface area contributed by atoms with Gasteiger partial charge in [-0.25, -0.2) is 0 Å². The van der Waals surface area contributed by atoms with Gasteiger partial charge in [0, 0.05) is 0 Å². The molecule has 5 N–H and O–H groups in total. The van der Waals surface area contributed by atoms with Crippen molar-refractivity contribution in [3.8, 4) is 0 Å². The Morgan fingerprint density at radius 1 is 0.525 bits per heavy atom. The van der Waals surface area contributed by atoms with Gasteiger partial charge in [-0.15, -0.1) is 0 Å². The second-order valence-corrected chi connectivity index (χ2v) is 12.2. The molecule has 0 spiro atoms. The Bertz CT molecular complexity index is 532. The quantitative estimate of drug-likeness (QED) is 0.0547. The molecule has 0 aliphatic carbocycles. The number of carbonyl (C=O) groups is 1. The van der Waals surface area contributed by atoms with E-state index in [0.29, 0.717) is 12.8 Å². The minimum atomic E-state index is -1.25. The SMILES string of the molecule is CCCCCCCCCCCCCCCCCC(O)C(=O)NC(CO)C(O)C(O)CCCCCCCCCCC. The molecule has 0 fully saturated rings. The van der Waals surface area contributed by atoms with E-state index in [4.69, 9.17) is 0 Å². The van der Waals surface area contributed by atoms with E-state index < -0.39 is 36.9 Å². The van der Waals surface area contributed by atoms with Crippen LogP contribution in [0.1, 0.15) is 181 Å². The van der Waals surface area contributed by atoms with Gasteiger partial charge >= 0.3 is 0 Å². The average Bonchev–Trinajstić information content (AvgIpc) is 2.96. The lowest BCUT2D eigenvalue weighted by atomic mass is 9.99. The van der Waals surface area contributed by atoms with E-state index in [-0.39, 0.29) is 0 Å². The minimum absolute atomic E-state index is 0.374. The van der Waals surface area contributed by atoms with Crippen LogP contribution in [0.4, 0.5) is 0 Å². The van der Waals surface area contributed by atoms with Crippen molar-refractivity contribution in [2.75, 3.05) is 6.61 Å². The van der Waals surface area contributed by atoms with Gasteiger partial charge in [0.05, 0.1) is 18.8 Å². The zero-order chi connectivity index (χ0) is 29.7. The van der Waals surface area contributed by atoms with Gasteiger partial charge < -0.3 is 25.7 Å². The van der Waals surface area contributed by atoms with Crippen molar-refractivity contribution < 1.29 is 25.2 Å². The Hall–Kier alpha value is -0.690. The van der Waals surface area contributed by atoms with Crippen molar-refractivity contribution in [1.82, 2.24) is 5.32 Å². The Kier molecular flexibility index (Phi) is 29.3. The maximum absolute atomic E-state index is 12.4. The topological polar surface area (TPSA) is 110 Å². The van der Waals surface area contributed by atoms with Crippen LogP contribution in [0.5, 0.6) is 0 Å². The van der Waals surface area contributed by atoms with Gasteiger partial charge in [0.1, 0.15) is 12.2 Å². The molecule has 1 amide bonds. The summed E-state index contributed by atoms with van der Waals surface area (Å²) >= 11 is 0. The van der Waals surface area contributed by atoms with Crippen LogP contribution in [0.25, 0.3) is 0 Å². The van der Waals surface area contributed by atoms with Crippen LogP contribution >= 0.6 is 0 Å². The monoisotopic (exact) mass is 572 g/mol. The van der Waals surface area contributed by atoms with Crippen molar-refractivity contribution in [3.63, 3.8) is 0 Å². The summed E-state index contributed by atoms with van der Waals surface area (Å²) in [6.07, 6.45) is 27.0. The maximum atomic E-state index is 12.4. The normalized spacial score (nSPS) is 14.7. The largest absolute Gasteiger partial charge is 0.394 e. The highest BCUT2D eigenvalue weighted by atomic mass is 16.3. The van der Waals surface area contributed by atoms with E-state index in [0.717, 1.165) is 38.5 Å². The number of rotatable bonds is 31. The third-order valence-corrected chi connectivity index (χ3v) is 8.32. The van der Waals surface area contributed by atoms with Crippen LogP contribution in [0.3, 0.4) is 0 Å². The fraction of sp³-hybridized carbons (Fsp3) is 0.971. The van der Waals surface area contributed by atoms with Gasteiger partial charge in [-0.2, -0.15) is 0 Å². The van der Waals surface area contributed by atoms with E-state index in [9.17, 15) is 25.2 Å². The summed E-state index contributed by atoms with van der Waals surface area (Å²) in [4.78, 5) is 12.4. The lowest BCUT2D eigenvalue weighted by molar-refractivity contribution is -0.132. The number of aliphatic hydroxyl groups is 4. The Balaban J connectivity index is 3.80. The summed E-state index contributed by atoms with van der Waals surface area (Å²) in [5.74, 6) is -0.585. The van der Waals surface area contributed by atoms with E-state index in [1.54, 1.807) is 0 Å². The third-order valence-electron chi connectivity index (χ3n) is 8.32. The van der Waals surface area contributed by atoms with Crippen LogP contribution in [-0.4, -0.2) is 57.3 Å². The number of carbonyl (C=O) groups excluding carboxylic acids is 1. The molecule has 0 heterocycles. The minimum Gasteiger partial charge on any atom is -0.394 e. The van der Waals surface area contributed by atoms with Crippen LogP contribution in [0, 0.1) is 0 Å². The van der Waals surface area contributed by atoms with Crippen LogP contribution in [-0.2, 0) is 4.79 Å². The highest BCUT2D eigenvalue weighted by Crippen LogP contribution is 2.16. The fourth-order valence-electron chi connectivity index (χ4n) is 5.46. The molecular weight excluding hydrogens is 502 g/mol. The molecule has 0 aliphatic rings. The highest BCUT2D eigenvalue weighted by Gasteiger charge is 2.28.